The summed E-state index contributed by atoms with van der Waals surface area (Å²) < 4.78 is 12.0. The SMILES string of the molecule is CCOc1cc(CNC(C)C23CC4CC(CC(C4)C2)C3)cc(Cl)c1OCc1ccc(Cl)c(Cl)c1. The van der Waals surface area contributed by atoms with E-state index in [2.05, 4.69) is 18.3 Å². The summed E-state index contributed by atoms with van der Waals surface area (Å²) in [6, 6.07) is 10.0. The maximum absolute atomic E-state index is 6.68. The molecule has 0 saturated heterocycles. The molecule has 1 N–H and O–H groups in total. The Hall–Kier alpha value is -1.13. The van der Waals surface area contributed by atoms with Crippen LogP contribution in [0.3, 0.4) is 0 Å². The van der Waals surface area contributed by atoms with Crippen LogP contribution >= 0.6 is 34.8 Å². The standard InChI is InChI=1S/C28H34Cl3NO2/c1-3-33-26-11-22(10-25(31)27(26)34-16-18-4-5-23(29)24(30)9-18)15-32-17(2)28-12-19-6-20(13-28)8-21(7-19)14-28/h4-5,9-11,17,19-21,32H,3,6-8,12-16H2,1-2H3. The zero-order valence-electron chi connectivity index (χ0n) is 20.0. The normalized spacial score (nSPS) is 28.2. The molecule has 0 radical (unpaired) electrons. The zero-order chi connectivity index (χ0) is 23.9. The second-order valence-corrected chi connectivity index (χ2v) is 12.0. The van der Waals surface area contributed by atoms with Gasteiger partial charge in [0, 0.05) is 12.6 Å². The van der Waals surface area contributed by atoms with Gasteiger partial charge >= 0.3 is 0 Å². The number of nitrogens with one attached hydrogen (secondary N) is 1. The third kappa shape index (κ3) is 5.05. The molecule has 4 saturated carbocycles. The van der Waals surface area contributed by atoms with E-state index in [1.54, 1.807) is 6.07 Å². The largest absolute Gasteiger partial charge is 0.490 e. The van der Waals surface area contributed by atoms with Crippen LogP contribution in [0.5, 0.6) is 11.5 Å². The Bertz CT molecular complexity index is 1010. The van der Waals surface area contributed by atoms with Crippen LogP contribution in [0.15, 0.2) is 30.3 Å². The van der Waals surface area contributed by atoms with Crippen molar-refractivity contribution in [3.05, 3.63) is 56.5 Å². The van der Waals surface area contributed by atoms with Crippen LogP contribution in [0.1, 0.15) is 63.5 Å². The molecule has 2 aromatic rings. The molecule has 6 heteroatoms. The molecule has 4 fully saturated rings. The molecule has 184 valence electrons. The van der Waals surface area contributed by atoms with Crippen LogP contribution in [0.4, 0.5) is 0 Å². The molecule has 1 atom stereocenters. The number of rotatable bonds is 9. The molecule has 4 aliphatic carbocycles. The summed E-state index contributed by atoms with van der Waals surface area (Å²) in [6.07, 6.45) is 8.63. The Morgan fingerprint density at radius 3 is 2.15 bits per heavy atom. The first-order valence-electron chi connectivity index (χ1n) is 12.6. The lowest BCUT2D eigenvalue weighted by Crippen LogP contribution is -2.54. The first kappa shape index (κ1) is 24.6. The second-order valence-electron chi connectivity index (χ2n) is 10.8. The fourth-order valence-electron chi connectivity index (χ4n) is 7.11. The number of ether oxygens (including phenoxy) is 2. The average Bonchev–Trinajstić information content (AvgIpc) is 2.78. The molecular formula is C28H34Cl3NO2. The quantitative estimate of drug-likeness (QED) is 0.359. The molecule has 4 bridgehead atoms. The fraction of sp³-hybridized carbons (Fsp3) is 0.571. The molecule has 0 amide bonds. The van der Waals surface area contributed by atoms with Crippen molar-refractivity contribution in [3.8, 4) is 11.5 Å². The first-order valence-corrected chi connectivity index (χ1v) is 13.7. The van der Waals surface area contributed by atoms with Crippen molar-refractivity contribution in [2.45, 2.75) is 71.6 Å². The van der Waals surface area contributed by atoms with Gasteiger partial charge in [0.1, 0.15) is 6.61 Å². The minimum atomic E-state index is 0.331. The molecule has 1 unspecified atom stereocenters. The third-order valence-electron chi connectivity index (χ3n) is 8.35. The summed E-state index contributed by atoms with van der Waals surface area (Å²) in [5.74, 6) is 4.12. The molecule has 0 spiro atoms. The summed E-state index contributed by atoms with van der Waals surface area (Å²) in [5.41, 5.74) is 2.51. The highest BCUT2D eigenvalue weighted by molar-refractivity contribution is 6.42. The predicted octanol–water partition coefficient (Wildman–Crippen LogP) is 8.32. The summed E-state index contributed by atoms with van der Waals surface area (Å²) in [6.45, 7) is 6.01. The molecule has 0 aromatic heterocycles. The van der Waals surface area contributed by atoms with Crippen LogP contribution in [0.25, 0.3) is 0 Å². The smallest absolute Gasteiger partial charge is 0.180 e. The van der Waals surface area contributed by atoms with Gasteiger partial charge < -0.3 is 14.8 Å². The third-order valence-corrected chi connectivity index (χ3v) is 9.37. The van der Waals surface area contributed by atoms with Crippen LogP contribution in [0.2, 0.25) is 15.1 Å². The number of hydrogen-bond acceptors (Lipinski definition) is 3. The minimum Gasteiger partial charge on any atom is -0.490 e. The minimum absolute atomic E-state index is 0.331. The van der Waals surface area contributed by atoms with E-state index in [0.717, 1.165) is 35.4 Å². The van der Waals surface area contributed by atoms with Crippen molar-refractivity contribution >= 4 is 34.8 Å². The highest BCUT2D eigenvalue weighted by Crippen LogP contribution is 2.61. The van der Waals surface area contributed by atoms with E-state index in [9.17, 15) is 0 Å². The molecule has 2 aromatic carbocycles. The van der Waals surface area contributed by atoms with Crippen molar-refractivity contribution in [1.29, 1.82) is 0 Å². The number of halogens is 3. The summed E-state index contributed by atoms with van der Waals surface area (Å²) in [4.78, 5) is 0. The van der Waals surface area contributed by atoms with E-state index >= 15 is 0 Å². The summed E-state index contributed by atoms with van der Waals surface area (Å²) in [7, 11) is 0. The van der Waals surface area contributed by atoms with E-state index in [1.165, 1.54) is 38.5 Å². The van der Waals surface area contributed by atoms with Gasteiger partial charge in [0.25, 0.3) is 0 Å². The van der Waals surface area contributed by atoms with E-state index in [4.69, 9.17) is 44.3 Å². The summed E-state index contributed by atoms with van der Waals surface area (Å²) >= 11 is 18.9. The Balaban J connectivity index is 1.26. The lowest BCUT2D eigenvalue weighted by Gasteiger charge is -2.59. The first-order chi connectivity index (χ1) is 16.3. The van der Waals surface area contributed by atoms with Crippen molar-refractivity contribution in [2.75, 3.05) is 6.61 Å². The van der Waals surface area contributed by atoms with Gasteiger partial charge in [-0.2, -0.15) is 0 Å². The Labute approximate surface area is 218 Å². The molecule has 3 nitrogen and oxygen atoms in total. The van der Waals surface area contributed by atoms with E-state index in [1.807, 2.05) is 25.1 Å². The van der Waals surface area contributed by atoms with E-state index < -0.39 is 0 Å². The molecule has 34 heavy (non-hydrogen) atoms. The van der Waals surface area contributed by atoms with E-state index in [-0.39, 0.29) is 0 Å². The lowest BCUT2D eigenvalue weighted by molar-refractivity contribution is -0.0706. The summed E-state index contributed by atoms with van der Waals surface area (Å²) in [5, 5.41) is 5.45. The molecular weight excluding hydrogens is 489 g/mol. The van der Waals surface area contributed by atoms with Crippen LogP contribution < -0.4 is 14.8 Å². The zero-order valence-corrected chi connectivity index (χ0v) is 22.3. The number of hydrogen-bond donors (Lipinski definition) is 1. The second kappa shape index (κ2) is 10.1. The van der Waals surface area contributed by atoms with Crippen molar-refractivity contribution < 1.29 is 9.47 Å². The fourth-order valence-corrected chi connectivity index (χ4v) is 7.72. The average molecular weight is 523 g/mol. The van der Waals surface area contributed by atoms with Crippen molar-refractivity contribution in [3.63, 3.8) is 0 Å². The van der Waals surface area contributed by atoms with Gasteiger partial charge in [0.05, 0.1) is 21.7 Å². The maximum Gasteiger partial charge on any atom is 0.180 e. The van der Waals surface area contributed by atoms with Gasteiger partial charge in [-0.1, -0.05) is 40.9 Å². The van der Waals surface area contributed by atoms with Gasteiger partial charge in [-0.3, -0.25) is 0 Å². The van der Waals surface area contributed by atoms with E-state index in [0.29, 0.717) is 51.2 Å². The Morgan fingerprint density at radius 1 is 0.882 bits per heavy atom. The highest BCUT2D eigenvalue weighted by atomic mass is 35.5. The van der Waals surface area contributed by atoms with Gasteiger partial charge in [0.2, 0.25) is 0 Å². The molecule has 0 aliphatic heterocycles. The predicted molar refractivity (Wildman–Crippen MR) is 140 cm³/mol. The van der Waals surface area contributed by atoms with Crippen LogP contribution in [-0.2, 0) is 13.2 Å². The molecule has 6 rings (SSSR count). The van der Waals surface area contributed by atoms with Crippen molar-refractivity contribution in [1.82, 2.24) is 5.32 Å². The monoisotopic (exact) mass is 521 g/mol. The number of benzene rings is 2. The van der Waals surface area contributed by atoms with Crippen LogP contribution in [0, 0.1) is 23.2 Å². The Kier molecular flexibility index (Phi) is 7.29. The van der Waals surface area contributed by atoms with Gasteiger partial charge in [-0.05, 0) is 111 Å². The van der Waals surface area contributed by atoms with Gasteiger partial charge in [-0.25, -0.2) is 0 Å². The molecule has 0 heterocycles. The molecule has 4 aliphatic rings. The Morgan fingerprint density at radius 2 is 1.53 bits per heavy atom. The maximum atomic E-state index is 6.68. The highest BCUT2D eigenvalue weighted by Gasteiger charge is 2.52. The van der Waals surface area contributed by atoms with Crippen LogP contribution in [-0.4, -0.2) is 12.6 Å². The van der Waals surface area contributed by atoms with Crippen molar-refractivity contribution in [2.24, 2.45) is 23.2 Å². The van der Waals surface area contributed by atoms with Gasteiger partial charge in [-0.15, -0.1) is 0 Å². The lowest BCUT2D eigenvalue weighted by atomic mass is 9.48. The van der Waals surface area contributed by atoms with Gasteiger partial charge in [0.15, 0.2) is 11.5 Å². The topological polar surface area (TPSA) is 30.5 Å².